The van der Waals surface area contributed by atoms with Gasteiger partial charge < -0.3 is 0 Å². The second kappa shape index (κ2) is 6.43. The topological polar surface area (TPSA) is 47.6 Å². The number of hydrogen-bond acceptors (Lipinski definition) is 2. The van der Waals surface area contributed by atoms with Crippen LogP contribution in [-0.4, -0.2) is 0 Å². The maximum atomic E-state index is 8.52. The lowest BCUT2D eigenvalue weighted by Gasteiger charge is -2.12. The predicted molar refractivity (Wildman–Crippen MR) is 48.0 cm³/mol. The molecule has 0 N–H and O–H groups in total. The van der Waals surface area contributed by atoms with Crippen molar-refractivity contribution in [3.63, 3.8) is 0 Å². The summed E-state index contributed by atoms with van der Waals surface area (Å²) in [6.07, 6.45) is 3.91. The number of allylic oxidation sites excluding steroid dienone is 2. The summed E-state index contributed by atoms with van der Waals surface area (Å²) in [5.41, 5.74) is 1.10. The Hall–Kier alpha value is -1.28. The molecule has 0 rings (SSSR count). The second-order valence-corrected chi connectivity index (χ2v) is 2.67. The van der Waals surface area contributed by atoms with E-state index in [9.17, 15) is 0 Å². The monoisotopic (exact) mass is 162 g/mol. The SMILES string of the molecule is CCC(=CC#N)C(CC)CC#N. The van der Waals surface area contributed by atoms with Gasteiger partial charge in [-0.3, -0.25) is 0 Å². The molecular formula is C10H14N2. The van der Waals surface area contributed by atoms with E-state index in [4.69, 9.17) is 10.5 Å². The van der Waals surface area contributed by atoms with Gasteiger partial charge in [0.15, 0.2) is 0 Å². The van der Waals surface area contributed by atoms with Crippen molar-refractivity contribution in [2.24, 2.45) is 5.92 Å². The lowest BCUT2D eigenvalue weighted by Crippen LogP contribution is -2.01. The van der Waals surface area contributed by atoms with Crippen molar-refractivity contribution in [1.82, 2.24) is 0 Å². The first kappa shape index (κ1) is 10.7. The van der Waals surface area contributed by atoms with Crippen LogP contribution >= 0.6 is 0 Å². The van der Waals surface area contributed by atoms with E-state index in [1.54, 1.807) is 6.08 Å². The molecule has 0 aliphatic rings. The fourth-order valence-electron chi connectivity index (χ4n) is 1.24. The number of nitriles is 2. The van der Waals surface area contributed by atoms with Gasteiger partial charge in [0, 0.05) is 12.5 Å². The fourth-order valence-corrected chi connectivity index (χ4v) is 1.24. The number of nitrogens with zero attached hydrogens (tertiary/aromatic N) is 2. The van der Waals surface area contributed by atoms with E-state index in [2.05, 4.69) is 6.07 Å². The lowest BCUT2D eigenvalue weighted by atomic mass is 9.91. The normalized spacial score (nSPS) is 13.2. The van der Waals surface area contributed by atoms with E-state index in [1.165, 1.54) is 0 Å². The Morgan fingerprint density at radius 2 is 2.08 bits per heavy atom. The Bertz CT molecular complexity index is 227. The van der Waals surface area contributed by atoms with Crippen molar-refractivity contribution >= 4 is 0 Å². The van der Waals surface area contributed by atoms with Crippen LogP contribution in [0.2, 0.25) is 0 Å². The summed E-state index contributed by atoms with van der Waals surface area (Å²) in [5.74, 6) is 0.277. The molecule has 0 spiro atoms. The van der Waals surface area contributed by atoms with Crippen molar-refractivity contribution in [3.8, 4) is 12.1 Å². The summed E-state index contributed by atoms with van der Waals surface area (Å²) in [4.78, 5) is 0. The molecule has 0 heterocycles. The van der Waals surface area contributed by atoms with Gasteiger partial charge in [-0.2, -0.15) is 10.5 Å². The Labute approximate surface area is 74.1 Å². The van der Waals surface area contributed by atoms with E-state index >= 15 is 0 Å². The first-order valence-corrected chi connectivity index (χ1v) is 4.25. The minimum Gasteiger partial charge on any atom is -0.198 e. The van der Waals surface area contributed by atoms with Gasteiger partial charge in [-0.1, -0.05) is 19.4 Å². The molecule has 12 heavy (non-hydrogen) atoms. The second-order valence-electron chi connectivity index (χ2n) is 2.67. The van der Waals surface area contributed by atoms with Crippen molar-refractivity contribution < 1.29 is 0 Å². The van der Waals surface area contributed by atoms with E-state index < -0.39 is 0 Å². The minimum atomic E-state index is 0.277. The molecule has 1 unspecified atom stereocenters. The van der Waals surface area contributed by atoms with Crippen LogP contribution in [0.4, 0.5) is 0 Å². The lowest BCUT2D eigenvalue weighted by molar-refractivity contribution is 0.588. The zero-order chi connectivity index (χ0) is 9.40. The molecule has 0 fully saturated rings. The first-order valence-electron chi connectivity index (χ1n) is 4.25. The molecule has 0 saturated carbocycles. The summed E-state index contributed by atoms with van der Waals surface area (Å²) in [7, 11) is 0. The zero-order valence-corrected chi connectivity index (χ0v) is 7.67. The van der Waals surface area contributed by atoms with Crippen LogP contribution in [0.15, 0.2) is 11.6 Å². The number of rotatable bonds is 4. The molecule has 0 aliphatic carbocycles. The smallest absolute Gasteiger partial charge is 0.0911 e. The summed E-state index contributed by atoms with van der Waals surface area (Å²) < 4.78 is 0. The van der Waals surface area contributed by atoms with E-state index in [1.807, 2.05) is 19.9 Å². The van der Waals surface area contributed by atoms with Gasteiger partial charge in [0.25, 0.3) is 0 Å². The van der Waals surface area contributed by atoms with E-state index in [0.717, 1.165) is 18.4 Å². The van der Waals surface area contributed by atoms with Crippen LogP contribution < -0.4 is 0 Å². The van der Waals surface area contributed by atoms with Crippen LogP contribution in [0.25, 0.3) is 0 Å². The third kappa shape index (κ3) is 3.21. The van der Waals surface area contributed by atoms with Crippen molar-refractivity contribution in [1.29, 1.82) is 10.5 Å². The summed E-state index contributed by atoms with van der Waals surface area (Å²) in [5, 5.41) is 17.0. The third-order valence-corrected chi connectivity index (χ3v) is 2.01. The van der Waals surface area contributed by atoms with Crippen molar-refractivity contribution in [2.75, 3.05) is 0 Å². The first-order chi connectivity index (χ1) is 5.79. The van der Waals surface area contributed by atoms with Crippen LogP contribution in [-0.2, 0) is 0 Å². The highest BCUT2D eigenvalue weighted by atomic mass is 14.3. The van der Waals surface area contributed by atoms with Crippen molar-refractivity contribution in [2.45, 2.75) is 33.1 Å². The number of hydrogen-bond donors (Lipinski definition) is 0. The molecule has 2 nitrogen and oxygen atoms in total. The molecule has 0 bridgehead atoms. The van der Waals surface area contributed by atoms with Crippen LogP contribution in [0.1, 0.15) is 33.1 Å². The van der Waals surface area contributed by atoms with Gasteiger partial charge in [0.05, 0.1) is 12.1 Å². The molecule has 64 valence electrons. The Kier molecular flexibility index (Phi) is 5.75. The maximum Gasteiger partial charge on any atom is 0.0911 e. The summed E-state index contributed by atoms with van der Waals surface area (Å²) >= 11 is 0. The van der Waals surface area contributed by atoms with Crippen molar-refractivity contribution in [3.05, 3.63) is 11.6 Å². The maximum absolute atomic E-state index is 8.52. The minimum absolute atomic E-state index is 0.277. The molecule has 0 aromatic carbocycles. The molecule has 0 amide bonds. The molecule has 2 heteroatoms. The average Bonchev–Trinajstić information content (AvgIpc) is 2.11. The Balaban J connectivity index is 4.38. The molecular weight excluding hydrogens is 148 g/mol. The van der Waals surface area contributed by atoms with Gasteiger partial charge in [0.1, 0.15) is 0 Å². The highest BCUT2D eigenvalue weighted by Crippen LogP contribution is 2.20. The quantitative estimate of drug-likeness (QED) is 0.597. The Morgan fingerprint density at radius 1 is 1.42 bits per heavy atom. The highest BCUT2D eigenvalue weighted by molar-refractivity contribution is 5.16. The standard InChI is InChI=1S/C10H14N2/c1-3-9(5-7-11)10(4-2)6-8-12/h5,10H,3-4,6H2,1-2H3. The molecule has 0 aromatic rings. The molecule has 0 saturated heterocycles. The zero-order valence-electron chi connectivity index (χ0n) is 7.67. The Morgan fingerprint density at radius 3 is 2.42 bits per heavy atom. The summed E-state index contributed by atoms with van der Waals surface area (Å²) in [6, 6.07) is 4.16. The molecule has 0 aromatic heterocycles. The largest absolute Gasteiger partial charge is 0.198 e. The highest BCUT2D eigenvalue weighted by Gasteiger charge is 2.09. The van der Waals surface area contributed by atoms with Crippen LogP contribution in [0, 0.1) is 28.6 Å². The van der Waals surface area contributed by atoms with Gasteiger partial charge >= 0.3 is 0 Å². The average molecular weight is 162 g/mol. The van der Waals surface area contributed by atoms with Gasteiger partial charge in [-0.15, -0.1) is 0 Å². The molecule has 0 radical (unpaired) electrons. The van der Waals surface area contributed by atoms with Gasteiger partial charge in [-0.25, -0.2) is 0 Å². The van der Waals surface area contributed by atoms with E-state index in [0.29, 0.717) is 6.42 Å². The van der Waals surface area contributed by atoms with Crippen LogP contribution in [0.5, 0.6) is 0 Å². The van der Waals surface area contributed by atoms with Crippen LogP contribution in [0.3, 0.4) is 0 Å². The molecule has 0 aliphatic heterocycles. The van der Waals surface area contributed by atoms with Gasteiger partial charge in [-0.05, 0) is 18.8 Å². The third-order valence-electron chi connectivity index (χ3n) is 2.01. The van der Waals surface area contributed by atoms with E-state index in [-0.39, 0.29) is 5.92 Å². The predicted octanol–water partition coefficient (Wildman–Crippen LogP) is 2.79. The molecule has 1 atom stereocenters. The van der Waals surface area contributed by atoms with Gasteiger partial charge in [0.2, 0.25) is 0 Å². The summed E-state index contributed by atoms with van der Waals surface area (Å²) in [6.45, 7) is 4.06. The fraction of sp³-hybridized carbons (Fsp3) is 0.600.